The van der Waals surface area contributed by atoms with Crippen molar-refractivity contribution in [1.29, 1.82) is 0 Å². The van der Waals surface area contributed by atoms with E-state index < -0.39 is 27.4 Å². The van der Waals surface area contributed by atoms with E-state index in [2.05, 4.69) is 17.6 Å². The molecule has 2 bridgehead atoms. The molecule has 1 spiro atoms. The monoisotopic (exact) mass is 529 g/mol. The van der Waals surface area contributed by atoms with Crippen LogP contribution in [0, 0.1) is 11.8 Å². The minimum atomic E-state index is -0.723. The van der Waals surface area contributed by atoms with E-state index in [9.17, 15) is 19.5 Å². The molecule has 196 valence electrons. The van der Waals surface area contributed by atoms with Crippen LogP contribution in [0.5, 0.6) is 0 Å². The molecule has 0 aromatic heterocycles. The van der Waals surface area contributed by atoms with Crippen molar-refractivity contribution in [2.45, 2.75) is 41.7 Å². The fourth-order valence-corrected chi connectivity index (χ4v) is 9.18. The molecule has 8 heteroatoms. The summed E-state index contributed by atoms with van der Waals surface area (Å²) < 4.78 is -1.13. The molecule has 3 heterocycles. The molecular weight excluding hydrogens is 498 g/mol. The molecule has 3 aliphatic heterocycles. The minimum absolute atomic E-state index is 0.0801. The number of carbonyl (C=O) groups is 3. The Bertz CT molecular complexity index is 1410. The molecule has 3 N–H and O–H groups in total. The summed E-state index contributed by atoms with van der Waals surface area (Å²) in [5.41, 5.74) is 1.36. The second-order valence-electron chi connectivity index (χ2n) is 10.7. The van der Waals surface area contributed by atoms with E-state index in [1.54, 1.807) is 16.7 Å². The number of aliphatic hydroxyl groups excluding tert-OH is 1. The highest BCUT2D eigenvalue weighted by Gasteiger charge is 2.77. The molecule has 3 aromatic carbocycles. The predicted octanol–water partition coefficient (Wildman–Crippen LogP) is 4.28. The maximum absolute atomic E-state index is 14.0. The van der Waals surface area contributed by atoms with Gasteiger partial charge in [0, 0.05) is 29.3 Å². The van der Waals surface area contributed by atoms with Crippen LogP contribution in [0.1, 0.15) is 26.2 Å². The first-order valence-corrected chi connectivity index (χ1v) is 13.9. The highest BCUT2D eigenvalue weighted by atomic mass is 32.2. The van der Waals surface area contributed by atoms with Crippen molar-refractivity contribution < 1.29 is 19.5 Å². The first kappa shape index (κ1) is 24.9. The zero-order chi connectivity index (χ0) is 26.5. The highest BCUT2D eigenvalue weighted by Crippen LogP contribution is 2.71. The number of nitrogens with zero attached hydrogens (tertiary/aromatic N) is 1. The van der Waals surface area contributed by atoms with Gasteiger partial charge in [0.2, 0.25) is 17.7 Å². The number of nitrogens with one attached hydrogen (secondary N) is 2. The van der Waals surface area contributed by atoms with Crippen molar-refractivity contribution in [2.75, 3.05) is 23.8 Å². The Hall–Kier alpha value is -3.36. The Morgan fingerprint density at radius 3 is 2.42 bits per heavy atom. The molecule has 38 heavy (non-hydrogen) atoms. The van der Waals surface area contributed by atoms with Crippen LogP contribution in [0.4, 0.5) is 11.4 Å². The van der Waals surface area contributed by atoms with Gasteiger partial charge < -0.3 is 20.6 Å². The van der Waals surface area contributed by atoms with E-state index in [1.165, 1.54) is 0 Å². The molecule has 5 atom stereocenters. The quantitative estimate of drug-likeness (QED) is 0.424. The van der Waals surface area contributed by atoms with Crippen molar-refractivity contribution in [1.82, 2.24) is 4.90 Å². The predicted molar refractivity (Wildman–Crippen MR) is 150 cm³/mol. The van der Waals surface area contributed by atoms with Crippen molar-refractivity contribution in [3.05, 3.63) is 72.8 Å². The molecule has 3 amide bonds. The number of rotatable bonds is 7. The summed E-state index contributed by atoms with van der Waals surface area (Å²) in [4.78, 5) is 43.3. The van der Waals surface area contributed by atoms with Gasteiger partial charge in [0.15, 0.2) is 0 Å². The molecule has 3 aromatic rings. The molecule has 0 saturated carbocycles. The average Bonchev–Trinajstić information content (AvgIpc) is 3.48. The lowest BCUT2D eigenvalue weighted by molar-refractivity contribution is -0.139. The number of carbonyl (C=O) groups excluding carboxylic acids is 3. The Kier molecular flexibility index (Phi) is 6.19. The summed E-state index contributed by atoms with van der Waals surface area (Å²) in [6.07, 6.45) is 1.81. The van der Waals surface area contributed by atoms with Crippen LogP contribution < -0.4 is 10.6 Å². The van der Waals surface area contributed by atoms with Gasteiger partial charge in [-0.3, -0.25) is 14.4 Å². The fraction of sp³-hybridized carbons (Fsp3) is 0.367. The summed E-state index contributed by atoms with van der Waals surface area (Å²) in [5.74, 6) is -1.73. The summed E-state index contributed by atoms with van der Waals surface area (Å²) in [6, 6.07) is 22.3. The second kappa shape index (κ2) is 9.43. The lowest BCUT2D eigenvalue weighted by Crippen LogP contribution is -2.52. The van der Waals surface area contributed by atoms with Gasteiger partial charge in [-0.25, -0.2) is 0 Å². The number of thioether (sulfide) groups is 1. The van der Waals surface area contributed by atoms with E-state index >= 15 is 0 Å². The third-order valence-electron chi connectivity index (χ3n) is 8.42. The molecule has 0 radical (unpaired) electrons. The van der Waals surface area contributed by atoms with Crippen LogP contribution in [0.25, 0.3) is 10.8 Å². The average molecular weight is 530 g/mol. The number of benzene rings is 3. The maximum atomic E-state index is 14.0. The van der Waals surface area contributed by atoms with Crippen LogP contribution in [0.2, 0.25) is 0 Å². The molecular formula is C30H31N3O4S. The SMILES string of the molecule is C[C@]12CCC3(S1)C(C(=O)Nc1ccc4ccccc4c1)N(CCCO)C(=O)[C@@H]3[C@H]2C(=O)Nc1ccccc1. The molecule has 3 saturated heterocycles. The van der Waals surface area contributed by atoms with Crippen molar-refractivity contribution in [2.24, 2.45) is 11.8 Å². The first-order chi connectivity index (χ1) is 18.4. The van der Waals surface area contributed by atoms with E-state index in [0.29, 0.717) is 24.2 Å². The standard InChI is InChI=1S/C30H31N3O4S/c1-29-14-15-30(38-29)24(23(29)26(35)31-21-10-3-2-4-11-21)28(37)33(16-7-17-34)25(30)27(36)32-22-13-12-19-8-5-6-9-20(19)18-22/h2-6,8-13,18,23-25,34H,7,14-17H2,1H3,(H,31,35)(H,32,36)/t23-,24-,25?,29+,30?/m0/s1. The summed E-state index contributed by atoms with van der Waals surface area (Å²) in [5, 5.41) is 17.7. The smallest absolute Gasteiger partial charge is 0.248 e. The van der Waals surface area contributed by atoms with Gasteiger partial charge in [0.1, 0.15) is 6.04 Å². The number of fused-ring (bicyclic) bond motifs is 2. The topological polar surface area (TPSA) is 98.7 Å². The summed E-state index contributed by atoms with van der Waals surface area (Å²) >= 11 is 1.64. The fourth-order valence-electron chi connectivity index (χ4n) is 6.83. The van der Waals surface area contributed by atoms with Crippen LogP contribution in [0.15, 0.2) is 72.8 Å². The number of aliphatic hydroxyl groups is 1. The zero-order valence-electron chi connectivity index (χ0n) is 21.2. The van der Waals surface area contributed by atoms with Crippen molar-refractivity contribution in [3.8, 4) is 0 Å². The van der Waals surface area contributed by atoms with Crippen molar-refractivity contribution >= 4 is 51.6 Å². The highest BCUT2D eigenvalue weighted by molar-refractivity contribution is 8.02. The molecule has 0 aliphatic carbocycles. The lowest BCUT2D eigenvalue weighted by atomic mass is 9.66. The normalized spacial score (nSPS) is 29.5. The summed E-state index contributed by atoms with van der Waals surface area (Å²) in [6.45, 7) is 2.25. The maximum Gasteiger partial charge on any atom is 0.248 e. The summed E-state index contributed by atoms with van der Waals surface area (Å²) in [7, 11) is 0. The number of amides is 3. The van der Waals surface area contributed by atoms with Gasteiger partial charge in [-0.15, -0.1) is 11.8 Å². The molecule has 3 fully saturated rings. The largest absolute Gasteiger partial charge is 0.396 e. The van der Waals surface area contributed by atoms with Crippen LogP contribution in [-0.2, 0) is 14.4 Å². The van der Waals surface area contributed by atoms with Gasteiger partial charge >= 0.3 is 0 Å². The van der Waals surface area contributed by atoms with E-state index in [0.717, 1.165) is 17.2 Å². The number of hydrogen-bond acceptors (Lipinski definition) is 5. The third-order valence-corrected chi connectivity index (χ3v) is 10.4. The van der Waals surface area contributed by atoms with Gasteiger partial charge in [0.05, 0.1) is 16.6 Å². The Morgan fingerprint density at radius 2 is 1.66 bits per heavy atom. The van der Waals surface area contributed by atoms with E-state index in [4.69, 9.17) is 0 Å². The Balaban J connectivity index is 1.34. The van der Waals surface area contributed by atoms with Gasteiger partial charge in [-0.1, -0.05) is 48.5 Å². The minimum Gasteiger partial charge on any atom is -0.396 e. The lowest BCUT2D eigenvalue weighted by Gasteiger charge is -2.34. The molecule has 7 nitrogen and oxygen atoms in total. The number of anilines is 2. The molecule has 2 unspecified atom stereocenters. The molecule has 6 rings (SSSR count). The van der Waals surface area contributed by atoms with Gasteiger partial charge in [-0.2, -0.15) is 0 Å². The third kappa shape index (κ3) is 3.89. The van der Waals surface area contributed by atoms with Crippen LogP contribution >= 0.6 is 11.8 Å². The Morgan fingerprint density at radius 1 is 0.947 bits per heavy atom. The number of likely N-dealkylation sites (tertiary alicyclic amines) is 1. The van der Waals surface area contributed by atoms with Crippen LogP contribution in [-0.4, -0.2) is 56.4 Å². The van der Waals surface area contributed by atoms with Gasteiger partial charge in [-0.05, 0) is 61.2 Å². The number of para-hydroxylation sites is 1. The van der Waals surface area contributed by atoms with Crippen molar-refractivity contribution in [3.63, 3.8) is 0 Å². The Labute approximate surface area is 226 Å². The first-order valence-electron chi connectivity index (χ1n) is 13.1. The van der Waals surface area contributed by atoms with E-state index in [-0.39, 0.29) is 30.9 Å². The second-order valence-corrected chi connectivity index (χ2v) is 12.6. The van der Waals surface area contributed by atoms with E-state index in [1.807, 2.05) is 72.8 Å². The molecule has 3 aliphatic rings. The zero-order valence-corrected chi connectivity index (χ0v) is 22.0. The number of hydrogen-bond donors (Lipinski definition) is 3. The van der Waals surface area contributed by atoms with Crippen LogP contribution in [0.3, 0.4) is 0 Å². The van der Waals surface area contributed by atoms with Gasteiger partial charge in [0.25, 0.3) is 0 Å².